The molecule has 124 valence electrons. The van der Waals surface area contributed by atoms with Gasteiger partial charge < -0.3 is 18.9 Å². The summed E-state index contributed by atoms with van der Waals surface area (Å²) in [7, 11) is 0. The highest BCUT2D eigenvalue weighted by molar-refractivity contribution is 5.93. The predicted molar refractivity (Wildman–Crippen MR) is 88.8 cm³/mol. The highest BCUT2D eigenvalue weighted by Gasteiger charge is 2.19. The zero-order valence-corrected chi connectivity index (χ0v) is 13.6. The van der Waals surface area contributed by atoms with Gasteiger partial charge in [0.1, 0.15) is 23.9 Å². The number of nitrogens with one attached hydrogen (secondary N) is 1. The molecule has 0 bridgehead atoms. The minimum absolute atomic E-state index is 0.251. The van der Waals surface area contributed by atoms with Crippen molar-refractivity contribution in [1.29, 1.82) is 0 Å². The Labute approximate surface area is 140 Å². The third kappa shape index (κ3) is 3.68. The van der Waals surface area contributed by atoms with Crippen LogP contribution >= 0.6 is 0 Å². The van der Waals surface area contributed by atoms with Crippen LogP contribution in [-0.2, 0) is 6.61 Å². The van der Waals surface area contributed by atoms with Crippen LogP contribution in [0.25, 0.3) is 0 Å². The zero-order valence-electron chi connectivity index (χ0n) is 13.6. The largest absolute Gasteiger partial charge is 0.489 e. The van der Waals surface area contributed by atoms with Crippen LogP contribution in [-0.4, -0.2) is 5.91 Å². The fourth-order valence-electron chi connectivity index (χ4n) is 2.35. The number of hydrogen-bond donors (Lipinski definition) is 1. The van der Waals surface area contributed by atoms with E-state index in [1.807, 2.05) is 56.3 Å². The molecule has 3 rings (SSSR count). The van der Waals surface area contributed by atoms with Crippen LogP contribution in [0.5, 0.6) is 5.75 Å². The Bertz CT molecular complexity index is 804. The second-order valence-electron chi connectivity index (χ2n) is 5.52. The van der Waals surface area contributed by atoms with Crippen LogP contribution in [0, 0.1) is 6.92 Å². The minimum atomic E-state index is -0.298. The van der Waals surface area contributed by atoms with Crippen LogP contribution in [0.4, 0.5) is 0 Å². The molecule has 0 radical (unpaired) electrons. The summed E-state index contributed by atoms with van der Waals surface area (Å²) >= 11 is 0. The van der Waals surface area contributed by atoms with E-state index in [0.717, 1.165) is 11.5 Å². The molecule has 1 aromatic carbocycles. The maximum atomic E-state index is 12.4. The lowest BCUT2D eigenvalue weighted by Gasteiger charge is -2.11. The first-order chi connectivity index (χ1) is 11.6. The lowest BCUT2D eigenvalue weighted by molar-refractivity contribution is 0.0903. The quantitative estimate of drug-likeness (QED) is 0.736. The third-order valence-electron chi connectivity index (χ3n) is 3.63. The number of furan rings is 2. The molecule has 1 N–H and O–H groups in total. The van der Waals surface area contributed by atoms with Crippen molar-refractivity contribution in [2.45, 2.75) is 26.5 Å². The van der Waals surface area contributed by atoms with Crippen molar-refractivity contribution in [3.63, 3.8) is 0 Å². The molecule has 2 heterocycles. The van der Waals surface area contributed by atoms with Crippen LogP contribution in [0.15, 0.2) is 63.6 Å². The van der Waals surface area contributed by atoms with E-state index in [0.29, 0.717) is 11.3 Å². The van der Waals surface area contributed by atoms with Gasteiger partial charge in [-0.3, -0.25) is 4.79 Å². The third-order valence-corrected chi connectivity index (χ3v) is 3.63. The summed E-state index contributed by atoms with van der Waals surface area (Å²) in [4.78, 5) is 12.4. The van der Waals surface area contributed by atoms with Gasteiger partial charge in [0.2, 0.25) is 0 Å². The summed E-state index contributed by atoms with van der Waals surface area (Å²) in [6, 6.07) is 14.6. The molecule has 24 heavy (non-hydrogen) atoms. The highest BCUT2D eigenvalue weighted by Crippen LogP contribution is 2.19. The number of carbonyl (C=O) groups excluding carboxylic acids is 1. The van der Waals surface area contributed by atoms with Gasteiger partial charge in [-0.15, -0.1) is 0 Å². The maximum absolute atomic E-state index is 12.4. The number of amides is 1. The van der Waals surface area contributed by atoms with Crippen LogP contribution < -0.4 is 10.1 Å². The summed E-state index contributed by atoms with van der Waals surface area (Å²) < 4.78 is 16.5. The SMILES string of the molecule is Cc1ccc(C(C)NC(=O)c2occc2COc2ccccc2)o1. The number of para-hydroxylation sites is 1. The van der Waals surface area contributed by atoms with Crippen LogP contribution in [0.2, 0.25) is 0 Å². The number of carbonyl (C=O) groups is 1. The molecule has 0 saturated carbocycles. The molecule has 5 nitrogen and oxygen atoms in total. The summed E-state index contributed by atoms with van der Waals surface area (Å²) in [5.74, 6) is 2.20. The van der Waals surface area contributed by atoms with E-state index in [9.17, 15) is 4.79 Å². The number of hydrogen-bond acceptors (Lipinski definition) is 4. The number of aryl methyl sites for hydroxylation is 1. The van der Waals surface area contributed by atoms with Gasteiger partial charge in [-0.25, -0.2) is 0 Å². The average Bonchev–Trinajstić information content (AvgIpc) is 3.22. The first kappa shape index (κ1) is 15.9. The molecule has 0 saturated heterocycles. The van der Waals surface area contributed by atoms with Crippen molar-refractivity contribution < 1.29 is 18.4 Å². The van der Waals surface area contributed by atoms with Gasteiger partial charge in [0.15, 0.2) is 5.76 Å². The monoisotopic (exact) mass is 325 g/mol. The molecule has 0 aliphatic heterocycles. The molecule has 0 aliphatic carbocycles. The number of benzene rings is 1. The van der Waals surface area contributed by atoms with E-state index in [-0.39, 0.29) is 24.3 Å². The second kappa shape index (κ2) is 7.08. The van der Waals surface area contributed by atoms with Gasteiger partial charge >= 0.3 is 0 Å². The van der Waals surface area contributed by atoms with Crippen molar-refractivity contribution in [2.24, 2.45) is 0 Å². The molecular weight excluding hydrogens is 306 g/mol. The Morgan fingerprint density at radius 3 is 2.67 bits per heavy atom. The molecule has 1 atom stereocenters. The second-order valence-corrected chi connectivity index (χ2v) is 5.52. The first-order valence-corrected chi connectivity index (χ1v) is 7.75. The Morgan fingerprint density at radius 1 is 1.17 bits per heavy atom. The highest BCUT2D eigenvalue weighted by atomic mass is 16.5. The lowest BCUT2D eigenvalue weighted by Crippen LogP contribution is -2.27. The Morgan fingerprint density at radius 2 is 1.96 bits per heavy atom. The maximum Gasteiger partial charge on any atom is 0.287 e. The number of rotatable bonds is 6. The van der Waals surface area contributed by atoms with Gasteiger partial charge in [0, 0.05) is 5.56 Å². The molecule has 0 aliphatic rings. The lowest BCUT2D eigenvalue weighted by atomic mass is 10.2. The standard InChI is InChI=1S/C19H19NO4/c1-13-8-9-17(24-13)14(2)20-19(21)18-15(10-11-22-18)12-23-16-6-4-3-5-7-16/h3-11,14H,12H2,1-2H3,(H,20,21). The van der Waals surface area contributed by atoms with Crippen molar-refractivity contribution in [3.05, 3.63) is 77.6 Å². The van der Waals surface area contributed by atoms with E-state index in [1.165, 1.54) is 6.26 Å². The average molecular weight is 325 g/mol. The normalized spacial score (nSPS) is 11.9. The van der Waals surface area contributed by atoms with Crippen LogP contribution in [0.1, 0.15) is 40.6 Å². The Hall–Kier alpha value is -2.95. The van der Waals surface area contributed by atoms with Gasteiger partial charge in [-0.2, -0.15) is 0 Å². The summed E-state index contributed by atoms with van der Waals surface area (Å²) in [5, 5.41) is 2.87. The Kier molecular flexibility index (Phi) is 4.70. The van der Waals surface area contributed by atoms with Gasteiger partial charge in [0.05, 0.1) is 12.3 Å². The van der Waals surface area contributed by atoms with E-state index < -0.39 is 0 Å². The van der Waals surface area contributed by atoms with Gasteiger partial charge in [-0.1, -0.05) is 18.2 Å². The van der Waals surface area contributed by atoms with Crippen LogP contribution in [0.3, 0.4) is 0 Å². The molecule has 1 amide bonds. The molecule has 2 aromatic heterocycles. The van der Waals surface area contributed by atoms with E-state index in [1.54, 1.807) is 6.07 Å². The van der Waals surface area contributed by atoms with Gasteiger partial charge in [-0.05, 0) is 44.2 Å². The summed E-state index contributed by atoms with van der Waals surface area (Å²) in [6.07, 6.45) is 1.49. The number of ether oxygens (including phenoxy) is 1. The predicted octanol–water partition coefficient (Wildman–Crippen LogP) is 4.25. The first-order valence-electron chi connectivity index (χ1n) is 7.75. The van der Waals surface area contributed by atoms with Crippen molar-refractivity contribution in [3.8, 4) is 5.75 Å². The smallest absolute Gasteiger partial charge is 0.287 e. The van der Waals surface area contributed by atoms with Crippen molar-refractivity contribution in [2.75, 3.05) is 0 Å². The van der Waals surface area contributed by atoms with Crippen molar-refractivity contribution in [1.82, 2.24) is 5.32 Å². The summed E-state index contributed by atoms with van der Waals surface area (Å²) in [5.41, 5.74) is 0.694. The zero-order chi connectivity index (χ0) is 16.9. The topological polar surface area (TPSA) is 64.6 Å². The fourth-order valence-corrected chi connectivity index (χ4v) is 2.35. The molecule has 0 spiro atoms. The minimum Gasteiger partial charge on any atom is -0.489 e. The molecule has 0 fully saturated rings. The molecule has 5 heteroatoms. The fraction of sp³-hybridized carbons (Fsp3) is 0.211. The van der Waals surface area contributed by atoms with E-state index in [2.05, 4.69) is 5.32 Å². The van der Waals surface area contributed by atoms with Crippen molar-refractivity contribution >= 4 is 5.91 Å². The summed E-state index contributed by atoms with van der Waals surface area (Å²) in [6.45, 7) is 3.99. The van der Waals surface area contributed by atoms with E-state index >= 15 is 0 Å². The van der Waals surface area contributed by atoms with E-state index in [4.69, 9.17) is 13.6 Å². The molecule has 1 unspecified atom stereocenters. The molecular formula is C19H19NO4. The van der Waals surface area contributed by atoms with Gasteiger partial charge in [0.25, 0.3) is 5.91 Å². The molecule has 3 aromatic rings. The Balaban J connectivity index is 1.64.